The van der Waals surface area contributed by atoms with E-state index in [0.717, 1.165) is 11.8 Å². The third kappa shape index (κ3) is 3.32. The predicted molar refractivity (Wildman–Crippen MR) is 59.0 cm³/mol. The Bertz CT molecular complexity index is 335. The Hall–Kier alpha value is -0.830. The molecule has 0 aromatic heterocycles. The molecule has 5 atom stereocenters. The van der Waals surface area contributed by atoms with Gasteiger partial charge in [-0.2, -0.15) is 0 Å². The van der Waals surface area contributed by atoms with Crippen molar-refractivity contribution in [2.24, 2.45) is 5.11 Å². The molecule has 0 saturated carbocycles. The highest BCUT2D eigenvalue weighted by atomic mass is 32.2. The van der Waals surface area contributed by atoms with Crippen LogP contribution in [0.5, 0.6) is 0 Å². The largest absolute Gasteiger partial charge is 0.394 e. The standard InChI is InChI=1S/C8H13N3O5S/c1-3(13)17-8-7(15)5(10-11-9)6(14)4(2-12)16-8/h4-8,12,14-15H,2H2,1H3/t4?,5?,6-,7?,8+/m0/s1. The lowest BCUT2D eigenvalue weighted by molar-refractivity contribution is -0.160. The molecule has 1 saturated heterocycles. The van der Waals surface area contributed by atoms with Crippen molar-refractivity contribution in [3.05, 3.63) is 10.4 Å². The molecule has 96 valence electrons. The molecule has 1 fully saturated rings. The molecule has 0 radical (unpaired) electrons. The van der Waals surface area contributed by atoms with Gasteiger partial charge in [0.15, 0.2) is 5.12 Å². The van der Waals surface area contributed by atoms with E-state index in [4.69, 9.17) is 15.4 Å². The summed E-state index contributed by atoms with van der Waals surface area (Å²) in [6, 6.07) is -1.15. The second-order valence-electron chi connectivity index (χ2n) is 3.51. The van der Waals surface area contributed by atoms with E-state index >= 15 is 0 Å². The monoisotopic (exact) mass is 263 g/mol. The Kier molecular flexibility index (Phi) is 5.19. The number of rotatable bonds is 3. The zero-order valence-corrected chi connectivity index (χ0v) is 9.82. The quantitative estimate of drug-likeness (QED) is 0.353. The number of thioether (sulfide) groups is 1. The molecule has 0 aliphatic carbocycles. The molecular formula is C8H13N3O5S. The molecule has 0 amide bonds. The highest BCUT2D eigenvalue weighted by Crippen LogP contribution is 2.30. The molecule has 3 unspecified atom stereocenters. The number of carbonyl (C=O) groups is 1. The Balaban J connectivity index is 2.88. The van der Waals surface area contributed by atoms with Gasteiger partial charge in [-0.25, -0.2) is 0 Å². The van der Waals surface area contributed by atoms with Crippen LogP contribution < -0.4 is 0 Å². The summed E-state index contributed by atoms with van der Waals surface area (Å²) in [7, 11) is 0. The Morgan fingerprint density at radius 3 is 2.65 bits per heavy atom. The van der Waals surface area contributed by atoms with Crippen LogP contribution in [0.25, 0.3) is 10.4 Å². The minimum atomic E-state index is -1.31. The average molecular weight is 263 g/mol. The van der Waals surface area contributed by atoms with Crippen LogP contribution in [-0.2, 0) is 9.53 Å². The zero-order valence-electron chi connectivity index (χ0n) is 9.00. The van der Waals surface area contributed by atoms with Crippen LogP contribution in [0.1, 0.15) is 6.92 Å². The number of aliphatic hydroxyl groups is 3. The number of azide groups is 1. The summed E-state index contributed by atoms with van der Waals surface area (Å²) in [4.78, 5) is 13.5. The lowest BCUT2D eigenvalue weighted by atomic mass is 9.98. The molecule has 1 heterocycles. The van der Waals surface area contributed by atoms with Crippen molar-refractivity contribution in [3.8, 4) is 0 Å². The van der Waals surface area contributed by atoms with Gasteiger partial charge in [0, 0.05) is 11.8 Å². The lowest BCUT2D eigenvalue weighted by Crippen LogP contribution is -2.56. The van der Waals surface area contributed by atoms with Crippen LogP contribution in [0.2, 0.25) is 0 Å². The molecule has 1 rings (SSSR count). The number of hydrogen-bond acceptors (Lipinski definition) is 7. The molecule has 3 N–H and O–H groups in total. The van der Waals surface area contributed by atoms with Crippen molar-refractivity contribution < 1.29 is 24.9 Å². The van der Waals surface area contributed by atoms with Crippen LogP contribution in [0.3, 0.4) is 0 Å². The van der Waals surface area contributed by atoms with Crippen molar-refractivity contribution >= 4 is 16.9 Å². The average Bonchev–Trinajstić information content (AvgIpc) is 2.27. The van der Waals surface area contributed by atoms with Gasteiger partial charge in [0.1, 0.15) is 17.6 Å². The molecule has 0 bridgehead atoms. The van der Waals surface area contributed by atoms with E-state index in [1.54, 1.807) is 0 Å². The van der Waals surface area contributed by atoms with Crippen LogP contribution >= 0.6 is 11.8 Å². The van der Waals surface area contributed by atoms with Crippen molar-refractivity contribution in [2.75, 3.05) is 6.61 Å². The van der Waals surface area contributed by atoms with Gasteiger partial charge < -0.3 is 20.1 Å². The summed E-state index contributed by atoms with van der Waals surface area (Å²) in [6.07, 6.45) is -3.61. The SMILES string of the molecule is CC(=O)S[C@H]1OC(CO)[C@H](O)C(N=[N+]=[N-])C1O. The maximum absolute atomic E-state index is 10.9. The molecule has 1 aliphatic heterocycles. The summed E-state index contributed by atoms with van der Waals surface area (Å²) in [5, 5.41) is 31.4. The Morgan fingerprint density at radius 1 is 1.53 bits per heavy atom. The van der Waals surface area contributed by atoms with Crippen molar-refractivity contribution in [1.82, 2.24) is 0 Å². The molecule has 1 aliphatic rings. The zero-order chi connectivity index (χ0) is 13.0. The fraction of sp³-hybridized carbons (Fsp3) is 0.875. The maximum atomic E-state index is 10.9. The van der Waals surface area contributed by atoms with E-state index in [1.807, 2.05) is 0 Å². The van der Waals surface area contributed by atoms with Crippen LogP contribution in [-0.4, -0.2) is 56.8 Å². The summed E-state index contributed by atoms with van der Waals surface area (Å²) in [6.45, 7) is 0.794. The van der Waals surface area contributed by atoms with Gasteiger partial charge in [-0.15, -0.1) is 0 Å². The molecule has 9 heteroatoms. The Labute approximate surface area is 101 Å². The normalized spacial score (nSPS) is 37.3. The minimum absolute atomic E-state index is 0.290. The van der Waals surface area contributed by atoms with Gasteiger partial charge in [0.2, 0.25) is 0 Å². The van der Waals surface area contributed by atoms with Crippen molar-refractivity contribution in [1.29, 1.82) is 0 Å². The number of carbonyl (C=O) groups excluding carboxylic acids is 1. The van der Waals surface area contributed by atoms with Crippen LogP contribution in [0.15, 0.2) is 5.11 Å². The van der Waals surface area contributed by atoms with Crippen molar-refractivity contribution in [3.63, 3.8) is 0 Å². The molecule has 0 aromatic rings. The van der Waals surface area contributed by atoms with E-state index in [9.17, 15) is 15.0 Å². The first-order valence-corrected chi connectivity index (χ1v) is 5.73. The van der Waals surface area contributed by atoms with Crippen molar-refractivity contribution in [2.45, 2.75) is 36.7 Å². The topological polar surface area (TPSA) is 136 Å². The first kappa shape index (κ1) is 14.2. The van der Waals surface area contributed by atoms with Gasteiger partial charge in [0.25, 0.3) is 0 Å². The second kappa shape index (κ2) is 6.20. The fourth-order valence-electron chi connectivity index (χ4n) is 1.52. The predicted octanol–water partition coefficient (Wildman–Crippen LogP) is -0.616. The number of ether oxygens (including phenoxy) is 1. The summed E-state index contributed by atoms with van der Waals surface area (Å²) >= 11 is 0.718. The second-order valence-corrected chi connectivity index (χ2v) is 4.79. The van der Waals surface area contributed by atoms with E-state index in [0.29, 0.717) is 0 Å². The fourth-order valence-corrected chi connectivity index (χ4v) is 2.35. The van der Waals surface area contributed by atoms with E-state index in [1.165, 1.54) is 6.92 Å². The van der Waals surface area contributed by atoms with Crippen LogP contribution in [0.4, 0.5) is 0 Å². The van der Waals surface area contributed by atoms with E-state index in [-0.39, 0.29) is 5.12 Å². The number of aliphatic hydroxyl groups excluding tert-OH is 3. The third-order valence-corrected chi connectivity index (χ3v) is 3.27. The lowest BCUT2D eigenvalue weighted by Gasteiger charge is -2.39. The first-order valence-electron chi connectivity index (χ1n) is 4.85. The highest BCUT2D eigenvalue weighted by Gasteiger charge is 2.44. The molecule has 0 aromatic carbocycles. The van der Waals surface area contributed by atoms with Crippen LogP contribution in [0, 0.1) is 0 Å². The summed E-state index contributed by atoms with van der Waals surface area (Å²) < 4.78 is 5.16. The van der Waals surface area contributed by atoms with Gasteiger partial charge in [-0.1, -0.05) is 16.9 Å². The molecular weight excluding hydrogens is 250 g/mol. The first-order chi connectivity index (χ1) is 8.01. The minimum Gasteiger partial charge on any atom is -0.394 e. The number of hydrogen-bond donors (Lipinski definition) is 3. The number of nitrogens with zero attached hydrogens (tertiary/aromatic N) is 3. The van der Waals surface area contributed by atoms with Gasteiger partial charge in [-0.05, 0) is 5.53 Å². The van der Waals surface area contributed by atoms with E-state index < -0.39 is 36.4 Å². The molecule has 8 nitrogen and oxygen atoms in total. The smallest absolute Gasteiger partial charge is 0.188 e. The third-order valence-electron chi connectivity index (χ3n) is 2.32. The van der Waals surface area contributed by atoms with E-state index in [2.05, 4.69) is 10.0 Å². The van der Waals surface area contributed by atoms with Gasteiger partial charge in [-0.3, -0.25) is 4.79 Å². The summed E-state index contributed by atoms with van der Waals surface area (Å²) in [5.74, 6) is 0. The summed E-state index contributed by atoms with van der Waals surface area (Å²) in [5.41, 5.74) is 7.37. The van der Waals surface area contributed by atoms with Gasteiger partial charge in [0.05, 0.1) is 18.8 Å². The maximum Gasteiger partial charge on any atom is 0.188 e. The molecule has 17 heavy (non-hydrogen) atoms. The Morgan fingerprint density at radius 2 is 2.18 bits per heavy atom. The molecule has 0 spiro atoms. The van der Waals surface area contributed by atoms with Gasteiger partial charge >= 0.3 is 0 Å². The highest BCUT2D eigenvalue weighted by molar-refractivity contribution is 8.14.